The summed E-state index contributed by atoms with van der Waals surface area (Å²) in [5.41, 5.74) is 2.40. The van der Waals surface area contributed by atoms with Gasteiger partial charge in [0.2, 0.25) is 17.8 Å². The SMILES string of the molecule is NNc1nc(N2CCNC(=O)CC2)nc(-n2cncn2)n1. The minimum atomic E-state index is 0.0141. The van der Waals surface area contributed by atoms with Crippen molar-refractivity contribution in [3.05, 3.63) is 12.7 Å². The maximum atomic E-state index is 11.4. The van der Waals surface area contributed by atoms with Crippen LogP contribution in [-0.4, -0.2) is 55.3 Å². The van der Waals surface area contributed by atoms with Crippen molar-refractivity contribution in [1.29, 1.82) is 0 Å². The molecule has 0 saturated carbocycles. The molecule has 3 rings (SSSR count). The van der Waals surface area contributed by atoms with Crippen molar-refractivity contribution in [2.45, 2.75) is 6.42 Å². The Morgan fingerprint density at radius 1 is 1.24 bits per heavy atom. The average Bonchev–Trinajstić information content (AvgIpc) is 2.96. The van der Waals surface area contributed by atoms with Gasteiger partial charge in [-0.15, -0.1) is 0 Å². The van der Waals surface area contributed by atoms with Gasteiger partial charge in [-0.05, 0) is 0 Å². The Labute approximate surface area is 119 Å². The van der Waals surface area contributed by atoms with Crippen LogP contribution in [0.15, 0.2) is 12.7 Å². The first-order chi connectivity index (χ1) is 10.3. The van der Waals surface area contributed by atoms with Crippen molar-refractivity contribution >= 4 is 17.8 Å². The van der Waals surface area contributed by atoms with Crippen molar-refractivity contribution in [3.8, 4) is 5.95 Å². The van der Waals surface area contributed by atoms with Crippen LogP contribution >= 0.6 is 0 Å². The van der Waals surface area contributed by atoms with Gasteiger partial charge in [-0.3, -0.25) is 10.2 Å². The first kappa shape index (κ1) is 13.2. The largest absolute Gasteiger partial charge is 0.354 e. The van der Waals surface area contributed by atoms with Gasteiger partial charge in [0.05, 0.1) is 0 Å². The third-order valence-corrected chi connectivity index (χ3v) is 2.96. The minimum absolute atomic E-state index is 0.0141. The number of hydrazine groups is 1. The summed E-state index contributed by atoms with van der Waals surface area (Å²) in [6, 6.07) is 0. The van der Waals surface area contributed by atoms with Crippen molar-refractivity contribution in [3.63, 3.8) is 0 Å². The molecule has 3 heterocycles. The molecule has 0 bridgehead atoms. The molecule has 1 amide bonds. The van der Waals surface area contributed by atoms with Crippen LogP contribution in [0.25, 0.3) is 5.95 Å². The number of carbonyl (C=O) groups is 1. The fourth-order valence-corrected chi connectivity index (χ4v) is 1.94. The zero-order valence-corrected chi connectivity index (χ0v) is 11.1. The highest BCUT2D eigenvalue weighted by molar-refractivity contribution is 5.77. The molecule has 2 aromatic rings. The van der Waals surface area contributed by atoms with E-state index in [4.69, 9.17) is 5.84 Å². The first-order valence-electron chi connectivity index (χ1n) is 6.35. The topological polar surface area (TPSA) is 140 Å². The van der Waals surface area contributed by atoms with Gasteiger partial charge in [-0.25, -0.2) is 10.8 Å². The van der Waals surface area contributed by atoms with Crippen LogP contribution in [0.4, 0.5) is 11.9 Å². The zero-order valence-electron chi connectivity index (χ0n) is 11.1. The van der Waals surface area contributed by atoms with Gasteiger partial charge in [-0.1, -0.05) is 0 Å². The lowest BCUT2D eigenvalue weighted by atomic mass is 10.4. The highest BCUT2D eigenvalue weighted by Gasteiger charge is 2.18. The number of nitrogens with one attached hydrogen (secondary N) is 2. The molecular weight excluding hydrogens is 276 g/mol. The summed E-state index contributed by atoms with van der Waals surface area (Å²) in [7, 11) is 0. The molecule has 11 nitrogen and oxygen atoms in total. The summed E-state index contributed by atoms with van der Waals surface area (Å²) < 4.78 is 1.41. The summed E-state index contributed by atoms with van der Waals surface area (Å²) in [5, 5.41) is 6.77. The van der Waals surface area contributed by atoms with Gasteiger partial charge in [0, 0.05) is 26.1 Å². The molecule has 0 atom stereocenters. The van der Waals surface area contributed by atoms with E-state index in [1.807, 2.05) is 4.90 Å². The summed E-state index contributed by atoms with van der Waals surface area (Å²) in [6.07, 6.45) is 3.25. The molecule has 4 N–H and O–H groups in total. The van der Waals surface area contributed by atoms with Gasteiger partial charge >= 0.3 is 0 Å². The number of nitrogen functional groups attached to an aromatic ring is 1. The number of nitrogens with zero attached hydrogens (tertiary/aromatic N) is 7. The van der Waals surface area contributed by atoms with E-state index in [2.05, 4.69) is 35.8 Å². The summed E-state index contributed by atoms with van der Waals surface area (Å²) >= 11 is 0. The fourth-order valence-electron chi connectivity index (χ4n) is 1.94. The maximum Gasteiger partial charge on any atom is 0.258 e. The number of hydrogen-bond donors (Lipinski definition) is 3. The lowest BCUT2D eigenvalue weighted by Gasteiger charge is -2.19. The highest BCUT2D eigenvalue weighted by atomic mass is 16.1. The number of aromatic nitrogens is 6. The summed E-state index contributed by atoms with van der Waals surface area (Å²) in [4.78, 5) is 29.8. The number of anilines is 2. The molecule has 0 aliphatic carbocycles. The van der Waals surface area contributed by atoms with E-state index < -0.39 is 0 Å². The number of amides is 1. The zero-order chi connectivity index (χ0) is 14.7. The Hall–Kier alpha value is -2.82. The Morgan fingerprint density at radius 3 is 2.86 bits per heavy atom. The molecule has 0 unspecified atom stereocenters. The van der Waals surface area contributed by atoms with Gasteiger partial charge in [0.25, 0.3) is 5.95 Å². The molecule has 0 aromatic carbocycles. The molecule has 0 radical (unpaired) electrons. The van der Waals surface area contributed by atoms with E-state index in [1.54, 1.807) is 0 Å². The van der Waals surface area contributed by atoms with Crippen molar-refractivity contribution in [2.24, 2.45) is 5.84 Å². The number of nitrogens with two attached hydrogens (primary N) is 1. The van der Waals surface area contributed by atoms with E-state index in [-0.39, 0.29) is 11.9 Å². The average molecular weight is 290 g/mol. The third-order valence-electron chi connectivity index (χ3n) is 2.96. The first-order valence-corrected chi connectivity index (χ1v) is 6.35. The van der Waals surface area contributed by atoms with E-state index >= 15 is 0 Å². The maximum absolute atomic E-state index is 11.4. The Bertz CT molecular complexity index is 627. The van der Waals surface area contributed by atoms with E-state index in [0.717, 1.165) is 0 Å². The molecule has 2 aromatic heterocycles. The molecule has 1 aliphatic rings. The van der Waals surface area contributed by atoms with Gasteiger partial charge < -0.3 is 10.2 Å². The number of carbonyl (C=O) groups excluding carboxylic acids is 1. The molecule has 1 saturated heterocycles. The standard InChI is InChI=1S/C10H14N10O/c11-18-8-15-9(19-3-1-7(21)13-2-4-19)17-10(16-8)20-6-12-5-14-20/h5-6H,1-4,11H2,(H,13,21)(H,15,16,17,18). The molecule has 11 heteroatoms. The second kappa shape index (κ2) is 5.66. The molecular formula is C10H14N10O. The smallest absolute Gasteiger partial charge is 0.258 e. The van der Waals surface area contributed by atoms with E-state index in [9.17, 15) is 4.79 Å². The van der Waals surface area contributed by atoms with Crippen LogP contribution in [0, 0.1) is 0 Å². The third kappa shape index (κ3) is 2.86. The van der Waals surface area contributed by atoms with Crippen molar-refractivity contribution in [1.82, 2.24) is 35.0 Å². The van der Waals surface area contributed by atoms with Gasteiger partial charge in [0.15, 0.2) is 0 Å². The lowest BCUT2D eigenvalue weighted by molar-refractivity contribution is -0.120. The summed E-state index contributed by atoms with van der Waals surface area (Å²) in [6.45, 7) is 1.67. The second-order valence-corrected chi connectivity index (χ2v) is 4.33. The van der Waals surface area contributed by atoms with Crippen LogP contribution in [0.5, 0.6) is 0 Å². The Balaban J connectivity index is 1.94. The number of rotatable bonds is 3. The molecule has 1 fully saturated rings. The lowest BCUT2D eigenvalue weighted by Crippen LogP contribution is -2.30. The quantitative estimate of drug-likeness (QED) is 0.435. The van der Waals surface area contributed by atoms with Gasteiger partial charge in [-0.2, -0.15) is 24.7 Å². The highest BCUT2D eigenvalue weighted by Crippen LogP contribution is 2.13. The number of hydrogen-bond acceptors (Lipinski definition) is 9. The van der Waals surface area contributed by atoms with Crippen LogP contribution in [-0.2, 0) is 4.79 Å². The van der Waals surface area contributed by atoms with Crippen LogP contribution in [0.3, 0.4) is 0 Å². The Morgan fingerprint density at radius 2 is 2.10 bits per heavy atom. The van der Waals surface area contributed by atoms with Crippen molar-refractivity contribution in [2.75, 3.05) is 30.0 Å². The molecule has 1 aliphatic heterocycles. The van der Waals surface area contributed by atoms with Crippen LogP contribution in [0.1, 0.15) is 6.42 Å². The fraction of sp³-hybridized carbons (Fsp3) is 0.400. The molecule has 21 heavy (non-hydrogen) atoms. The molecule has 110 valence electrons. The summed E-state index contributed by atoms with van der Waals surface area (Å²) in [5.74, 6) is 6.35. The van der Waals surface area contributed by atoms with E-state index in [1.165, 1.54) is 17.3 Å². The predicted molar refractivity (Wildman–Crippen MR) is 72.4 cm³/mol. The molecule has 0 spiro atoms. The second-order valence-electron chi connectivity index (χ2n) is 4.33. The monoisotopic (exact) mass is 290 g/mol. The van der Waals surface area contributed by atoms with Crippen LogP contribution < -0.4 is 21.5 Å². The minimum Gasteiger partial charge on any atom is -0.354 e. The van der Waals surface area contributed by atoms with Crippen molar-refractivity contribution < 1.29 is 4.79 Å². The van der Waals surface area contributed by atoms with Crippen LogP contribution in [0.2, 0.25) is 0 Å². The van der Waals surface area contributed by atoms with E-state index in [0.29, 0.717) is 38.0 Å². The normalized spacial score (nSPS) is 15.5. The Kier molecular flexibility index (Phi) is 3.55. The predicted octanol–water partition coefficient (Wildman–Crippen LogP) is -1.94. The van der Waals surface area contributed by atoms with Gasteiger partial charge in [0.1, 0.15) is 12.7 Å².